The molecule has 2 aromatic carbocycles. The lowest BCUT2D eigenvalue weighted by Crippen LogP contribution is -2.34. The van der Waals surface area contributed by atoms with Crippen molar-refractivity contribution in [2.24, 2.45) is 4.99 Å². The lowest BCUT2D eigenvalue weighted by Gasteiger charge is -2.33. The number of carbonyl (C=O) groups excluding carboxylic acids is 1. The molecule has 2 heterocycles. The first-order valence-corrected chi connectivity index (χ1v) is 11.6. The summed E-state index contributed by atoms with van der Waals surface area (Å²) in [5.41, 5.74) is 2.68. The molecule has 0 saturated heterocycles. The van der Waals surface area contributed by atoms with E-state index in [9.17, 15) is 9.18 Å². The van der Waals surface area contributed by atoms with E-state index in [1.807, 2.05) is 48.6 Å². The molecule has 0 saturated carbocycles. The van der Waals surface area contributed by atoms with Crippen LogP contribution in [0.5, 0.6) is 11.5 Å². The quantitative estimate of drug-likeness (QED) is 0.472. The third-order valence-electron chi connectivity index (χ3n) is 5.18. The molecular formula is C25H25FN2O4S. The number of rotatable bonds is 8. The zero-order valence-corrected chi connectivity index (χ0v) is 19.5. The monoisotopic (exact) mass is 468 g/mol. The molecule has 0 amide bonds. The minimum atomic E-state index is -0.403. The fraction of sp³-hybridized carbons (Fsp3) is 0.280. The average molecular weight is 469 g/mol. The van der Waals surface area contributed by atoms with Gasteiger partial charge in [0.15, 0.2) is 16.7 Å². The number of thioether (sulfide) groups is 1. The Morgan fingerprint density at radius 3 is 2.73 bits per heavy atom. The summed E-state index contributed by atoms with van der Waals surface area (Å²) in [6.45, 7) is 6.42. The number of esters is 1. The molecule has 8 heteroatoms. The third-order valence-corrected chi connectivity index (χ3v) is 5.95. The highest BCUT2D eigenvalue weighted by atomic mass is 32.2. The molecule has 33 heavy (non-hydrogen) atoms. The van der Waals surface area contributed by atoms with Crippen LogP contribution in [-0.2, 0) is 16.1 Å². The van der Waals surface area contributed by atoms with Crippen LogP contribution in [0.3, 0.4) is 0 Å². The summed E-state index contributed by atoms with van der Waals surface area (Å²) in [4.78, 5) is 19.4. The van der Waals surface area contributed by atoms with Crippen LogP contribution in [0.2, 0.25) is 0 Å². The molecule has 0 fully saturated rings. The van der Waals surface area contributed by atoms with Gasteiger partial charge in [0.2, 0.25) is 0 Å². The second-order valence-electron chi connectivity index (χ2n) is 7.38. The van der Waals surface area contributed by atoms with Gasteiger partial charge in [-0.05, 0) is 61.6 Å². The Morgan fingerprint density at radius 2 is 1.97 bits per heavy atom. The van der Waals surface area contributed by atoms with Gasteiger partial charge in [-0.3, -0.25) is 0 Å². The van der Waals surface area contributed by atoms with Crippen LogP contribution in [0.25, 0.3) is 0 Å². The van der Waals surface area contributed by atoms with Crippen LogP contribution in [0.15, 0.2) is 70.3 Å². The topological polar surface area (TPSA) is 60.4 Å². The zero-order valence-electron chi connectivity index (χ0n) is 18.7. The maximum Gasteiger partial charge on any atom is 0.338 e. The number of allylic oxidation sites excluding steroid dienone is 1. The van der Waals surface area contributed by atoms with Gasteiger partial charge in [-0.1, -0.05) is 30.0 Å². The highest BCUT2D eigenvalue weighted by Crippen LogP contribution is 2.43. The first-order valence-electron chi connectivity index (χ1n) is 10.7. The highest BCUT2D eigenvalue weighted by molar-refractivity contribution is 8.16. The van der Waals surface area contributed by atoms with Gasteiger partial charge in [-0.25, -0.2) is 14.2 Å². The number of nitrogens with zero attached hydrogens (tertiary/aromatic N) is 2. The largest absolute Gasteiger partial charge is 0.490 e. The Balaban J connectivity index is 1.68. The van der Waals surface area contributed by atoms with E-state index in [0.717, 1.165) is 16.3 Å². The standard InChI is InChI=1S/C25H25FN2O4S/c1-4-30-21-14-18(9-10-20(21)32-15-17-7-6-8-19(26)13-17)23-22(24(29)31-5-2)16(3)27-25-28(23)11-12-33-25/h6-14,23H,4-5,15H2,1-3H3/t23-/m1/s1. The molecule has 6 nitrogen and oxygen atoms in total. The van der Waals surface area contributed by atoms with Crippen molar-refractivity contribution in [2.75, 3.05) is 13.2 Å². The van der Waals surface area contributed by atoms with E-state index in [2.05, 4.69) is 4.99 Å². The molecule has 2 aliphatic heterocycles. The summed E-state index contributed by atoms with van der Waals surface area (Å²) >= 11 is 1.50. The van der Waals surface area contributed by atoms with Crippen LogP contribution in [-0.4, -0.2) is 29.3 Å². The lowest BCUT2D eigenvalue weighted by atomic mass is 9.94. The summed E-state index contributed by atoms with van der Waals surface area (Å²) in [5.74, 6) is 0.389. The molecule has 0 aliphatic carbocycles. The minimum Gasteiger partial charge on any atom is -0.490 e. The van der Waals surface area contributed by atoms with Gasteiger partial charge in [-0.2, -0.15) is 0 Å². The van der Waals surface area contributed by atoms with Crippen LogP contribution < -0.4 is 9.47 Å². The molecule has 0 spiro atoms. The van der Waals surface area contributed by atoms with Crippen molar-refractivity contribution < 1.29 is 23.4 Å². The van der Waals surface area contributed by atoms with E-state index in [1.54, 1.807) is 19.1 Å². The zero-order chi connectivity index (χ0) is 23.4. The van der Waals surface area contributed by atoms with Crippen molar-refractivity contribution >= 4 is 22.9 Å². The van der Waals surface area contributed by atoms with Crippen molar-refractivity contribution in [3.05, 3.63) is 82.3 Å². The Bertz CT molecular complexity index is 1140. The predicted octanol–water partition coefficient (Wildman–Crippen LogP) is 5.57. The van der Waals surface area contributed by atoms with Crippen LogP contribution in [0, 0.1) is 5.82 Å². The van der Waals surface area contributed by atoms with E-state index in [4.69, 9.17) is 14.2 Å². The van der Waals surface area contributed by atoms with Gasteiger partial charge in [-0.15, -0.1) is 0 Å². The fourth-order valence-electron chi connectivity index (χ4n) is 3.77. The smallest absolute Gasteiger partial charge is 0.338 e. The molecule has 0 radical (unpaired) electrons. The average Bonchev–Trinajstić information content (AvgIpc) is 3.25. The van der Waals surface area contributed by atoms with Crippen molar-refractivity contribution in [3.8, 4) is 11.5 Å². The summed E-state index contributed by atoms with van der Waals surface area (Å²) in [6, 6.07) is 11.5. The predicted molar refractivity (Wildman–Crippen MR) is 126 cm³/mol. The molecule has 0 N–H and O–H groups in total. The van der Waals surface area contributed by atoms with E-state index >= 15 is 0 Å². The maximum atomic E-state index is 13.5. The first kappa shape index (κ1) is 22.9. The molecule has 2 aliphatic rings. The van der Waals surface area contributed by atoms with E-state index < -0.39 is 12.0 Å². The van der Waals surface area contributed by atoms with Gasteiger partial charge in [0.05, 0.1) is 30.5 Å². The van der Waals surface area contributed by atoms with Crippen molar-refractivity contribution in [3.63, 3.8) is 0 Å². The number of aliphatic imine (C=N–C) groups is 1. The van der Waals surface area contributed by atoms with Crippen molar-refractivity contribution in [2.45, 2.75) is 33.4 Å². The van der Waals surface area contributed by atoms with Gasteiger partial charge in [0.25, 0.3) is 0 Å². The number of ether oxygens (including phenoxy) is 3. The van der Waals surface area contributed by atoms with Crippen LogP contribution in [0.1, 0.15) is 37.9 Å². The van der Waals surface area contributed by atoms with Gasteiger partial charge >= 0.3 is 5.97 Å². The van der Waals surface area contributed by atoms with Gasteiger partial charge in [0, 0.05) is 6.20 Å². The second-order valence-corrected chi connectivity index (χ2v) is 8.26. The number of fused-ring (bicyclic) bond motifs is 1. The molecule has 1 atom stereocenters. The van der Waals surface area contributed by atoms with Crippen molar-refractivity contribution in [1.82, 2.24) is 4.90 Å². The van der Waals surface area contributed by atoms with Crippen LogP contribution >= 0.6 is 11.8 Å². The highest BCUT2D eigenvalue weighted by Gasteiger charge is 2.37. The molecule has 0 aromatic heterocycles. The Kier molecular flexibility index (Phi) is 7.03. The summed E-state index contributed by atoms with van der Waals surface area (Å²) in [5, 5.41) is 2.74. The van der Waals surface area contributed by atoms with Crippen molar-refractivity contribution in [1.29, 1.82) is 0 Å². The third kappa shape index (κ3) is 4.90. The number of amidine groups is 1. The molecule has 172 valence electrons. The number of hydrogen-bond donors (Lipinski definition) is 0. The maximum absolute atomic E-state index is 13.5. The molecule has 0 bridgehead atoms. The fourth-order valence-corrected chi connectivity index (χ4v) is 4.56. The van der Waals surface area contributed by atoms with E-state index in [0.29, 0.717) is 29.4 Å². The molecular weight excluding hydrogens is 443 g/mol. The second kappa shape index (κ2) is 10.1. The Morgan fingerprint density at radius 1 is 1.12 bits per heavy atom. The van der Waals surface area contributed by atoms with Gasteiger partial charge in [0.1, 0.15) is 12.4 Å². The summed E-state index contributed by atoms with van der Waals surface area (Å²) in [7, 11) is 0. The molecule has 4 rings (SSSR count). The first-order chi connectivity index (χ1) is 16.0. The molecule has 0 unspecified atom stereocenters. The summed E-state index contributed by atoms with van der Waals surface area (Å²) in [6.07, 6.45) is 1.91. The van der Waals surface area contributed by atoms with Gasteiger partial charge < -0.3 is 19.1 Å². The summed E-state index contributed by atoms with van der Waals surface area (Å²) < 4.78 is 30.6. The minimum absolute atomic E-state index is 0.204. The Labute approximate surface area is 196 Å². The number of benzene rings is 2. The van der Waals surface area contributed by atoms with E-state index in [-0.39, 0.29) is 19.0 Å². The lowest BCUT2D eigenvalue weighted by molar-refractivity contribution is -0.139. The SMILES string of the molecule is CCOC(=O)C1=C(C)N=C2SC=CN2[C@@H]1c1ccc(OCc2cccc(F)c2)c(OCC)c1. The number of hydrogen-bond acceptors (Lipinski definition) is 7. The normalized spacial score (nSPS) is 17.0. The van der Waals surface area contributed by atoms with Crippen LogP contribution in [0.4, 0.5) is 4.39 Å². The number of carbonyl (C=O) groups is 1. The Hall–Kier alpha value is -3.26. The molecule has 2 aromatic rings. The number of halogens is 1. The van der Waals surface area contributed by atoms with E-state index in [1.165, 1.54) is 23.9 Å².